The number of nitrogens with one attached hydrogen (secondary N) is 2. The Hall–Kier alpha value is -2.87. The van der Waals surface area contributed by atoms with Gasteiger partial charge in [-0.05, 0) is 55.3 Å². The second-order valence-corrected chi connectivity index (χ2v) is 7.51. The number of rotatable bonds is 6. The Labute approximate surface area is 145 Å². The number of hydrogen-bond acceptors (Lipinski definition) is 4. The van der Waals surface area contributed by atoms with Crippen LogP contribution in [0.5, 0.6) is 0 Å². The number of nitrogens with two attached hydrogens (primary N) is 1. The summed E-state index contributed by atoms with van der Waals surface area (Å²) in [6, 6.07) is 11.8. The normalized spacial score (nSPS) is 13.9. The van der Waals surface area contributed by atoms with Gasteiger partial charge in [0.25, 0.3) is 15.9 Å². The third-order valence-corrected chi connectivity index (χ3v) is 5.14. The Morgan fingerprint density at radius 1 is 1.00 bits per heavy atom. The lowest BCUT2D eigenvalue weighted by atomic mass is 10.2. The summed E-state index contributed by atoms with van der Waals surface area (Å²) in [6.07, 6.45) is 1.94. The molecule has 0 atom stereocenters. The first kappa shape index (κ1) is 17.0. The molecular formula is C17H17N3O4S. The molecule has 1 aliphatic carbocycles. The maximum absolute atomic E-state index is 12.4. The summed E-state index contributed by atoms with van der Waals surface area (Å²) >= 11 is 0. The number of hydrogen-bond donors (Lipinski definition) is 3. The summed E-state index contributed by atoms with van der Waals surface area (Å²) in [6.45, 7) is 0. The quantitative estimate of drug-likeness (QED) is 0.724. The van der Waals surface area contributed by atoms with Crippen molar-refractivity contribution >= 4 is 27.5 Å². The first-order valence-corrected chi connectivity index (χ1v) is 9.17. The van der Waals surface area contributed by atoms with Crippen molar-refractivity contribution in [3.8, 4) is 0 Å². The molecule has 25 heavy (non-hydrogen) atoms. The molecule has 0 aromatic heterocycles. The fourth-order valence-electron chi connectivity index (χ4n) is 2.23. The van der Waals surface area contributed by atoms with E-state index < -0.39 is 15.9 Å². The van der Waals surface area contributed by atoms with Crippen molar-refractivity contribution in [1.82, 2.24) is 5.32 Å². The summed E-state index contributed by atoms with van der Waals surface area (Å²) in [5.41, 5.74) is 6.02. The van der Waals surface area contributed by atoms with E-state index in [-0.39, 0.29) is 28.1 Å². The fraction of sp³-hybridized carbons (Fsp3) is 0.176. The molecule has 8 heteroatoms. The summed E-state index contributed by atoms with van der Waals surface area (Å²) in [5, 5.41) is 2.85. The van der Waals surface area contributed by atoms with E-state index in [9.17, 15) is 18.0 Å². The van der Waals surface area contributed by atoms with Crippen molar-refractivity contribution in [3.63, 3.8) is 0 Å². The molecule has 0 radical (unpaired) electrons. The molecule has 2 amide bonds. The molecule has 0 aliphatic heterocycles. The Kier molecular flexibility index (Phi) is 4.45. The van der Waals surface area contributed by atoms with Crippen molar-refractivity contribution in [2.24, 2.45) is 5.73 Å². The van der Waals surface area contributed by atoms with Crippen LogP contribution in [0.25, 0.3) is 0 Å². The van der Waals surface area contributed by atoms with E-state index in [1.165, 1.54) is 30.3 Å². The van der Waals surface area contributed by atoms with Crippen LogP contribution in [0.15, 0.2) is 53.4 Å². The van der Waals surface area contributed by atoms with Gasteiger partial charge in [-0.3, -0.25) is 14.3 Å². The highest BCUT2D eigenvalue weighted by molar-refractivity contribution is 7.92. The zero-order chi connectivity index (χ0) is 18.0. The fourth-order valence-corrected chi connectivity index (χ4v) is 3.28. The van der Waals surface area contributed by atoms with Gasteiger partial charge in [0.05, 0.1) is 4.90 Å². The van der Waals surface area contributed by atoms with E-state index in [2.05, 4.69) is 10.0 Å². The lowest BCUT2D eigenvalue weighted by Crippen LogP contribution is -2.25. The number of carbonyl (C=O) groups is 2. The van der Waals surface area contributed by atoms with Crippen molar-refractivity contribution in [2.75, 3.05) is 4.72 Å². The molecule has 130 valence electrons. The lowest BCUT2D eigenvalue weighted by molar-refractivity contribution is 0.0949. The average molecular weight is 359 g/mol. The monoisotopic (exact) mass is 359 g/mol. The van der Waals surface area contributed by atoms with Gasteiger partial charge in [0.1, 0.15) is 0 Å². The number of anilines is 1. The second kappa shape index (κ2) is 6.56. The molecular weight excluding hydrogens is 342 g/mol. The smallest absolute Gasteiger partial charge is 0.261 e. The van der Waals surface area contributed by atoms with Gasteiger partial charge < -0.3 is 11.1 Å². The number of primary amides is 1. The predicted molar refractivity (Wildman–Crippen MR) is 92.7 cm³/mol. The topological polar surface area (TPSA) is 118 Å². The zero-order valence-electron chi connectivity index (χ0n) is 13.2. The third kappa shape index (κ3) is 4.16. The Morgan fingerprint density at radius 3 is 2.28 bits per heavy atom. The van der Waals surface area contributed by atoms with Crippen LogP contribution in [-0.4, -0.2) is 26.3 Å². The van der Waals surface area contributed by atoms with Gasteiger partial charge in [-0.2, -0.15) is 0 Å². The van der Waals surface area contributed by atoms with Gasteiger partial charge in [0.2, 0.25) is 5.91 Å². The largest absolute Gasteiger partial charge is 0.366 e. The summed E-state index contributed by atoms with van der Waals surface area (Å²) in [7, 11) is -3.84. The van der Waals surface area contributed by atoms with Crippen LogP contribution in [-0.2, 0) is 10.0 Å². The Morgan fingerprint density at radius 2 is 1.68 bits per heavy atom. The summed E-state index contributed by atoms with van der Waals surface area (Å²) in [4.78, 5) is 23.1. The minimum absolute atomic E-state index is 0.00895. The van der Waals surface area contributed by atoms with Crippen LogP contribution in [0.4, 0.5) is 5.69 Å². The Balaban J connectivity index is 1.78. The summed E-state index contributed by atoms with van der Waals surface area (Å²) in [5.74, 6) is -0.861. The van der Waals surface area contributed by atoms with E-state index in [0.717, 1.165) is 12.8 Å². The molecule has 1 saturated carbocycles. The maximum atomic E-state index is 12.4. The molecule has 1 aliphatic rings. The van der Waals surface area contributed by atoms with Crippen LogP contribution in [0, 0.1) is 0 Å². The van der Waals surface area contributed by atoms with E-state index in [0.29, 0.717) is 5.56 Å². The van der Waals surface area contributed by atoms with Crippen LogP contribution in [0.3, 0.4) is 0 Å². The molecule has 7 nitrogen and oxygen atoms in total. The minimum atomic E-state index is -3.84. The van der Waals surface area contributed by atoms with E-state index >= 15 is 0 Å². The van der Waals surface area contributed by atoms with Gasteiger partial charge in [-0.1, -0.05) is 6.07 Å². The first-order chi connectivity index (χ1) is 11.8. The molecule has 1 fully saturated rings. The van der Waals surface area contributed by atoms with Gasteiger partial charge in [0, 0.05) is 22.9 Å². The highest BCUT2D eigenvalue weighted by Gasteiger charge is 2.24. The average Bonchev–Trinajstić information content (AvgIpc) is 3.38. The van der Waals surface area contributed by atoms with Crippen LogP contribution >= 0.6 is 0 Å². The molecule has 4 N–H and O–H groups in total. The lowest BCUT2D eigenvalue weighted by Gasteiger charge is -2.10. The third-order valence-electron chi connectivity index (χ3n) is 3.74. The first-order valence-electron chi connectivity index (χ1n) is 7.69. The number of benzene rings is 2. The van der Waals surface area contributed by atoms with E-state index in [1.807, 2.05) is 0 Å². The number of carbonyl (C=O) groups excluding carboxylic acids is 2. The minimum Gasteiger partial charge on any atom is -0.366 e. The molecule has 0 saturated heterocycles. The van der Waals surface area contributed by atoms with Crippen molar-refractivity contribution in [1.29, 1.82) is 0 Å². The van der Waals surface area contributed by atoms with Crippen molar-refractivity contribution in [3.05, 3.63) is 59.7 Å². The van der Waals surface area contributed by atoms with Crippen molar-refractivity contribution < 1.29 is 18.0 Å². The highest BCUT2D eigenvalue weighted by Crippen LogP contribution is 2.21. The number of sulfonamides is 1. The molecule has 2 aromatic carbocycles. The molecule has 0 heterocycles. The zero-order valence-corrected chi connectivity index (χ0v) is 14.0. The van der Waals surface area contributed by atoms with Crippen LogP contribution in [0.1, 0.15) is 33.6 Å². The molecule has 0 unspecified atom stereocenters. The van der Waals surface area contributed by atoms with Gasteiger partial charge in [0.15, 0.2) is 0 Å². The van der Waals surface area contributed by atoms with Gasteiger partial charge in [-0.25, -0.2) is 8.42 Å². The molecule has 0 bridgehead atoms. The van der Waals surface area contributed by atoms with Gasteiger partial charge >= 0.3 is 0 Å². The standard InChI is InChI=1S/C17H17N3O4S/c18-16(21)11-4-8-15(9-5-11)25(23,24)20-14-3-1-2-12(10-14)17(22)19-13-6-7-13/h1-5,8-10,13,20H,6-7H2,(H2,18,21)(H,19,22). The van der Waals surface area contributed by atoms with Gasteiger partial charge in [-0.15, -0.1) is 0 Å². The van der Waals surface area contributed by atoms with Crippen molar-refractivity contribution in [2.45, 2.75) is 23.8 Å². The second-order valence-electron chi connectivity index (χ2n) is 5.82. The summed E-state index contributed by atoms with van der Waals surface area (Å²) < 4.78 is 27.3. The van der Waals surface area contributed by atoms with Crippen LogP contribution in [0.2, 0.25) is 0 Å². The number of amides is 2. The molecule has 3 rings (SSSR count). The maximum Gasteiger partial charge on any atom is 0.261 e. The van der Waals surface area contributed by atoms with Crippen LogP contribution < -0.4 is 15.8 Å². The highest BCUT2D eigenvalue weighted by atomic mass is 32.2. The molecule has 2 aromatic rings. The van der Waals surface area contributed by atoms with E-state index in [4.69, 9.17) is 5.73 Å². The SMILES string of the molecule is NC(=O)c1ccc(S(=O)(=O)Nc2cccc(C(=O)NC3CC3)c2)cc1. The Bertz CT molecular complexity index is 919. The predicted octanol–water partition coefficient (Wildman–Crippen LogP) is 1.48. The molecule has 0 spiro atoms. The van der Waals surface area contributed by atoms with E-state index in [1.54, 1.807) is 18.2 Å².